The van der Waals surface area contributed by atoms with Crippen molar-refractivity contribution >= 4 is 11.6 Å². The predicted molar refractivity (Wildman–Crippen MR) is 60.9 cm³/mol. The van der Waals surface area contributed by atoms with Crippen molar-refractivity contribution in [3.05, 3.63) is 0 Å². The Bertz CT molecular complexity index is 435. The van der Waals surface area contributed by atoms with E-state index >= 15 is 0 Å². The summed E-state index contributed by atoms with van der Waals surface area (Å²) in [5.41, 5.74) is 0.254. The zero-order valence-corrected chi connectivity index (χ0v) is 10.3. The Morgan fingerprint density at radius 3 is 1.71 bits per heavy atom. The molecule has 0 aromatic rings. The van der Waals surface area contributed by atoms with Gasteiger partial charge in [0.25, 0.3) is 0 Å². The maximum absolute atomic E-state index is 12.3. The van der Waals surface area contributed by atoms with Crippen molar-refractivity contribution in [2.45, 2.75) is 26.7 Å². The minimum absolute atomic E-state index is 0.126. The monoisotopic (exact) mass is 230 g/mol. The third kappa shape index (κ3) is 0.680. The van der Waals surface area contributed by atoms with Gasteiger partial charge in [-0.3, -0.25) is 9.59 Å². The van der Waals surface area contributed by atoms with Crippen LogP contribution in [0.15, 0.2) is 0 Å². The Morgan fingerprint density at radius 2 is 1.29 bits per heavy atom. The fraction of sp³-hybridized carbons (Fsp3) is 0.867. The molecule has 5 aliphatic rings. The van der Waals surface area contributed by atoms with Gasteiger partial charge in [-0.05, 0) is 40.9 Å². The van der Waals surface area contributed by atoms with Crippen LogP contribution in [0.1, 0.15) is 26.7 Å². The van der Waals surface area contributed by atoms with E-state index in [0.717, 1.165) is 24.7 Å². The standard InChI is InChI=1S/C15H18O2/c1-15(2)13-9-5-3-7(16)11(13)12-8(17)4-6(5)10(9)14(12)15/h5-6,9-14H,3-4H2,1-2H3. The highest BCUT2D eigenvalue weighted by molar-refractivity contribution is 5.95. The van der Waals surface area contributed by atoms with Crippen LogP contribution in [-0.4, -0.2) is 11.6 Å². The van der Waals surface area contributed by atoms with E-state index in [9.17, 15) is 9.59 Å². The predicted octanol–water partition coefficient (Wildman–Crippen LogP) is 1.93. The minimum Gasteiger partial charge on any atom is -0.299 e. The van der Waals surface area contributed by atoms with E-state index in [4.69, 9.17) is 0 Å². The van der Waals surface area contributed by atoms with E-state index in [0.29, 0.717) is 35.2 Å². The van der Waals surface area contributed by atoms with Gasteiger partial charge in [0.05, 0.1) is 0 Å². The van der Waals surface area contributed by atoms with E-state index in [-0.39, 0.29) is 17.3 Å². The number of carbonyl (C=O) groups is 2. The lowest BCUT2D eigenvalue weighted by Crippen LogP contribution is -2.64. The van der Waals surface area contributed by atoms with Crippen LogP contribution in [0.2, 0.25) is 0 Å². The summed E-state index contributed by atoms with van der Waals surface area (Å²) in [7, 11) is 0. The molecule has 5 aliphatic carbocycles. The average molecular weight is 230 g/mol. The summed E-state index contributed by atoms with van der Waals surface area (Å²) >= 11 is 0. The summed E-state index contributed by atoms with van der Waals surface area (Å²) in [6, 6.07) is 0. The van der Waals surface area contributed by atoms with Gasteiger partial charge >= 0.3 is 0 Å². The van der Waals surface area contributed by atoms with Crippen LogP contribution < -0.4 is 0 Å². The van der Waals surface area contributed by atoms with Crippen LogP contribution in [-0.2, 0) is 9.59 Å². The first-order chi connectivity index (χ1) is 8.03. The molecule has 0 aliphatic heterocycles. The van der Waals surface area contributed by atoms with Gasteiger partial charge in [0.1, 0.15) is 11.6 Å². The first kappa shape index (κ1) is 9.29. The molecular formula is C15H18O2. The molecule has 17 heavy (non-hydrogen) atoms. The van der Waals surface area contributed by atoms with Gasteiger partial charge in [0.2, 0.25) is 0 Å². The Hall–Kier alpha value is -0.660. The lowest BCUT2D eigenvalue weighted by Gasteiger charge is -2.63. The molecule has 0 amide bonds. The molecule has 0 aromatic carbocycles. The van der Waals surface area contributed by atoms with Crippen molar-refractivity contribution in [2.24, 2.45) is 52.8 Å². The first-order valence-electron chi connectivity index (χ1n) is 7.09. The maximum Gasteiger partial charge on any atom is 0.137 e. The van der Waals surface area contributed by atoms with E-state index < -0.39 is 0 Å². The lowest BCUT2D eigenvalue weighted by molar-refractivity contribution is -0.184. The second-order valence-corrected chi connectivity index (χ2v) is 7.75. The van der Waals surface area contributed by atoms with Gasteiger partial charge < -0.3 is 0 Å². The first-order valence-corrected chi connectivity index (χ1v) is 7.09. The van der Waals surface area contributed by atoms with Gasteiger partial charge in [-0.2, -0.15) is 0 Å². The van der Waals surface area contributed by atoms with Crippen LogP contribution in [0.5, 0.6) is 0 Å². The molecule has 0 heterocycles. The number of Topliss-reactive ketones (excluding diaryl/α,β-unsaturated/α-hetero) is 2. The second-order valence-electron chi connectivity index (χ2n) is 7.75. The highest BCUT2D eigenvalue weighted by Gasteiger charge is 2.80. The molecule has 0 saturated heterocycles. The van der Waals surface area contributed by atoms with Crippen molar-refractivity contribution in [1.29, 1.82) is 0 Å². The molecule has 2 heteroatoms. The molecule has 2 bridgehead atoms. The zero-order chi connectivity index (χ0) is 11.7. The zero-order valence-electron chi connectivity index (χ0n) is 10.3. The van der Waals surface area contributed by atoms with Crippen LogP contribution in [0.3, 0.4) is 0 Å². The van der Waals surface area contributed by atoms with E-state index in [2.05, 4.69) is 13.8 Å². The lowest BCUT2D eigenvalue weighted by atomic mass is 9.39. The van der Waals surface area contributed by atoms with E-state index in [1.54, 1.807) is 0 Å². The Morgan fingerprint density at radius 1 is 0.882 bits per heavy atom. The van der Waals surface area contributed by atoms with Crippen LogP contribution >= 0.6 is 0 Å². The summed E-state index contributed by atoms with van der Waals surface area (Å²) in [5, 5.41) is 0. The van der Waals surface area contributed by atoms with Gasteiger partial charge in [-0.1, -0.05) is 13.8 Å². The summed E-state index contributed by atoms with van der Waals surface area (Å²) in [5.74, 6) is 5.03. The maximum atomic E-state index is 12.3. The number of fused-ring (bicyclic) bond motifs is 2. The Labute approximate surface area is 101 Å². The van der Waals surface area contributed by atoms with E-state index in [1.165, 1.54) is 0 Å². The van der Waals surface area contributed by atoms with Crippen LogP contribution in [0.25, 0.3) is 0 Å². The number of ketones is 2. The van der Waals surface area contributed by atoms with Crippen molar-refractivity contribution in [2.75, 3.05) is 0 Å². The summed E-state index contributed by atoms with van der Waals surface area (Å²) in [6.45, 7) is 4.66. The number of hydrogen-bond acceptors (Lipinski definition) is 2. The number of hydrogen-bond donors (Lipinski definition) is 0. The Balaban J connectivity index is 1.80. The summed E-state index contributed by atoms with van der Waals surface area (Å²) in [6.07, 6.45) is 1.61. The number of carbonyl (C=O) groups excluding carboxylic acids is 2. The molecule has 90 valence electrons. The smallest absolute Gasteiger partial charge is 0.137 e. The average Bonchev–Trinajstić information content (AvgIpc) is 2.61. The number of rotatable bonds is 0. The largest absolute Gasteiger partial charge is 0.299 e. The van der Waals surface area contributed by atoms with Crippen molar-refractivity contribution in [1.82, 2.24) is 0 Å². The van der Waals surface area contributed by atoms with Crippen molar-refractivity contribution < 1.29 is 9.59 Å². The normalized spacial score (nSPS) is 64.1. The Kier molecular flexibility index (Phi) is 1.24. The third-order valence-electron chi connectivity index (χ3n) is 7.31. The van der Waals surface area contributed by atoms with Crippen molar-refractivity contribution in [3.8, 4) is 0 Å². The third-order valence-corrected chi connectivity index (χ3v) is 7.31. The molecule has 5 rings (SSSR count). The quantitative estimate of drug-likeness (QED) is 0.637. The summed E-state index contributed by atoms with van der Waals surface area (Å²) < 4.78 is 0. The molecule has 5 fully saturated rings. The fourth-order valence-electron chi connectivity index (χ4n) is 7.19. The van der Waals surface area contributed by atoms with E-state index in [1.807, 2.05) is 0 Å². The van der Waals surface area contributed by atoms with Gasteiger partial charge in [-0.25, -0.2) is 0 Å². The molecular weight excluding hydrogens is 212 g/mol. The van der Waals surface area contributed by atoms with Gasteiger partial charge in [0, 0.05) is 24.7 Å². The van der Waals surface area contributed by atoms with Crippen molar-refractivity contribution in [3.63, 3.8) is 0 Å². The van der Waals surface area contributed by atoms with Crippen LogP contribution in [0.4, 0.5) is 0 Å². The molecule has 0 radical (unpaired) electrons. The molecule has 8 unspecified atom stereocenters. The van der Waals surface area contributed by atoms with Gasteiger partial charge in [0.15, 0.2) is 0 Å². The van der Waals surface area contributed by atoms with Gasteiger partial charge in [-0.15, -0.1) is 0 Å². The fourth-order valence-corrected chi connectivity index (χ4v) is 7.19. The summed E-state index contributed by atoms with van der Waals surface area (Å²) in [4.78, 5) is 24.7. The molecule has 0 aromatic heterocycles. The topological polar surface area (TPSA) is 34.1 Å². The molecule has 2 nitrogen and oxygen atoms in total. The SMILES string of the molecule is CC1(C)C2C3C(=O)CC4C5CC(=O)C3C1C5C42. The highest BCUT2D eigenvalue weighted by atomic mass is 16.1. The second kappa shape index (κ2) is 2.26. The molecule has 0 spiro atoms. The van der Waals surface area contributed by atoms with Crippen LogP contribution in [0, 0.1) is 52.8 Å². The minimum atomic E-state index is 0.126. The highest BCUT2D eigenvalue weighted by Crippen LogP contribution is 2.81. The molecule has 5 saturated carbocycles. The molecule has 0 N–H and O–H groups in total. The molecule has 8 atom stereocenters.